The summed E-state index contributed by atoms with van der Waals surface area (Å²) in [6.45, 7) is 0. The molecule has 0 amide bonds. The summed E-state index contributed by atoms with van der Waals surface area (Å²) in [5, 5.41) is 10.8. The van der Waals surface area contributed by atoms with Crippen LogP contribution in [-0.2, 0) is 0 Å². The summed E-state index contributed by atoms with van der Waals surface area (Å²) in [6.07, 6.45) is 3.02. The molecule has 0 unspecified atom stereocenters. The first kappa shape index (κ1) is 15.7. The van der Waals surface area contributed by atoms with Crippen LogP contribution < -0.4 is 10.5 Å². The lowest BCUT2D eigenvalue weighted by atomic mass is 9.94. The molecular formula is C12H16ClFN2O3. The van der Waals surface area contributed by atoms with Gasteiger partial charge in [-0.05, 0) is 31.7 Å². The van der Waals surface area contributed by atoms with Crippen LogP contribution in [0.5, 0.6) is 5.75 Å². The van der Waals surface area contributed by atoms with Crippen LogP contribution in [-0.4, -0.2) is 17.1 Å². The summed E-state index contributed by atoms with van der Waals surface area (Å²) in [6, 6.07) is 3.42. The van der Waals surface area contributed by atoms with Gasteiger partial charge in [-0.3, -0.25) is 10.1 Å². The third-order valence-electron chi connectivity index (χ3n) is 3.13. The van der Waals surface area contributed by atoms with Crippen molar-refractivity contribution in [2.75, 3.05) is 0 Å². The van der Waals surface area contributed by atoms with E-state index in [9.17, 15) is 14.5 Å². The second kappa shape index (κ2) is 6.68. The van der Waals surface area contributed by atoms with Gasteiger partial charge in [0.05, 0.1) is 11.0 Å². The number of nitrogens with zero attached hydrogens (tertiary/aromatic N) is 1. The highest BCUT2D eigenvalue weighted by molar-refractivity contribution is 5.85. The Balaban J connectivity index is 0.00000180. The smallest absolute Gasteiger partial charge is 0.311 e. The quantitative estimate of drug-likeness (QED) is 0.686. The summed E-state index contributed by atoms with van der Waals surface area (Å²) in [5.74, 6) is -0.538. The SMILES string of the molecule is Cl.NC1CCC(Oc2cc(F)ccc2[N+](=O)[O-])CC1. The number of nitrogens with two attached hydrogens (primary N) is 1. The minimum atomic E-state index is -0.566. The van der Waals surface area contributed by atoms with E-state index in [-0.39, 0.29) is 36.0 Å². The Morgan fingerprint density at radius 1 is 1.32 bits per heavy atom. The van der Waals surface area contributed by atoms with Crippen LogP contribution >= 0.6 is 12.4 Å². The Kier molecular flexibility index (Phi) is 5.50. The van der Waals surface area contributed by atoms with Gasteiger partial charge in [-0.25, -0.2) is 4.39 Å². The van der Waals surface area contributed by atoms with Crippen molar-refractivity contribution < 1.29 is 14.1 Å². The summed E-state index contributed by atoms with van der Waals surface area (Å²) < 4.78 is 18.6. The number of ether oxygens (including phenoxy) is 1. The lowest BCUT2D eigenvalue weighted by Gasteiger charge is -2.26. The average molecular weight is 291 g/mol. The van der Waals surface area contributed by atoms with Gasteiger partial charge in [0.2, 0.25) is 0 Å². The first-order valence-corrected chi connectivity index (χ1v) is 5.92. The second-order valence-electron chi connectivity index (χ2n) is 4.52. The number of hydrogen-bond donors (Lipinski definition) is 1. The fourth-order valence-corrected chi connectivity index (χ4v) is 2.12. The highest BCUT2D eigenvalue weighted by atomic mass is 35.5. The Bertz CT molecular complexity index is 451. The lowest BCUT2D eigenvalue weighted by Crippen LogP contribution is -2.31. The molecule has 0 heterocycles. The number of rotatable bonds is 3. The molecule has 1 saturated carbocycles. The molecule has 5 nitrogen and oxygen atoms in total. The van der Waals surface area contributed by atoms with Crippen molar-refractivity contribution in [1.29, 1.82) is 0 Å². The number of halogens is 2. The van der Waals surface area contributed by atoms with E-state index >= 15 is 0 Å². The molecule has 0 bridgehead atoms. The fourth-order valence-electron chi connectivity index (χ4n) is 2.12. The first-order valence-electron chi connectivity index (χ1n) is 5.92. The van der Waals surface area contributed by atoms with E-state index in [4.69, 9.17) is 10.5 Å². The molecule has 0 radical (unpaired) electrons. The number of nitro groups is 1. The minimum absolute atomic E-state index is 0. The van der Waals surface area contributed by atoms with Crippen LogP contribution in [0, 0.1) is 15.9 Å². The highest BCUT2D eigenvalue weighted by Gasteiger charge is 2.23. The molecular weight excluding hydrogens is 275 g/mol. The Hall–Kier alpha value is -1.40. The predicted molar refractivity (Wildman–Crippen MR) is 71.2 cm³/mol. The van der Waals surface area contributed by atoms with Gasteiger partial charge in [0, 0.05) is 18.2 Å². The molecule has 2 rings (SSSR count). The van der Waals surface area contributed by atoms with E-state index < -0.39 is 10.7 Å². The Morgan fingerprint density at radius 3 is 2.53 bits per heavy atom. The monoisotopic (exact) mass is 290 g/mol. The van der Waals surface area contributed by atoms with Gasteiger partial charge in [0.25, 0.3) is 0 Å². The van der Waals surface area contributed by atoms with Crippen LogP contribution in [0.25, 0.3) is 0 Å². The molecule has 7 heteroatoms. The van der Waals surface area contributed by atoms with Crippen molar-refractivity contribution in [3.63, 3.8) is 0 Å². The highest BCUT2D eigenvalue weighted by Crippen LogP contribution is 2.31. The third kappa shape index (κ3) is 4.04. The van der Waals surface area contributed by atoms with Crippen LogP contribution in [0.3, 0.4) is 0 Å². The van der Waals surface area contributed by atoms with E-state index in [1.165, 1.54) is 0 Å². The van der Waals surface area contributed by atoms with Gasteiger partial charge in [0.15, 0.2) is 5.75 Å². The van der Waals surface area contributed by atoms with Crippen LogP contribution in [0.1, 0.15) is 25.7 Å². The molecule has 0 spiro atoms. The van der Waals surface area contributed by atoms with Gasteiger partial charge >= 0.3 is 5.69 Å². The lowest BCUT2D eigenvalue weighted by molar-refractivity contribution is -0.386. The van der Waals surface area contributed by atoms with Gasteiger partial charge in [-0.2, -0.15) is 0 Å². The molecule has 1 aromatic rings. The summed E-state index contributed by atoms with van der Waals surface area (Å²) >= 11 is 0. The maximum atomic E-state index is 13.1. The summed E-state index contributed by atoms with van der Waals surface area (Å²) in [7, 11) is 0. The molecule has 0 aromatic heterocycles. The van der Waals surface area contributed by atoms with Crippen LogP contribution in [0.15, 0.2) is 18.2 Å². The molecule has 1 aromatic carbocycles. The zero-order chi connectivity index (χ0) is 13.1. The zero-order valence-corrected chi connectivity index (χ0v) is 11.1. The first-order chi connectivity index (χ1) is 8.56. The third-order valence-corrected chi connectivity index (χ3v) is 3.13. The van der Waals surface area contributed by atoms with Crippen molar-refractivity contribution >= 4 is 18.1 Å². The van der Waals surface area contributed by atoms with Gasteiger partial charge in [0.1, 0.15) is 5.82 Å². The Morgan fingerprint density at radius 2 is 1.95 bits per heavy atom. The predicted octanol–water partition coefficient (Wildman–Crippen LogP) is 2.80. The molecule has 19 heavy (non-hydrogen) atoms. The van der Waals surface area contributed by atoms with E-state index in [0.717, 1.165) is 43.9 Å². The maximum Gasteiger partial charge on any atom is 0.311 e. The molecule has 1 aliphatic carbocycles. The molecule has 106 valence electrons. The van der Waals surface area contributed by atoms with E-state index in [1.807, 2.05) is 0 Å². The number of benzene rings is 1. The van der Waals surface area contributed by atoms with E-state index in [0.29, 0.717) is 0 Å². The second-order valence-corrected chi connectivity index (χ2v) is 4.52. The molecule has 0 aliphatic heterocycles. The summed E-state index contributed by atoms with van der Waals surface area (Å²) in [4.78, 5) is 10.2. The zero-order valence-electron chi connectivity index (χ0n) is 10.3. The topological polar surface area (TPSA) is 78.4 Å². The maximum absolute atomic E-state index is 13.1. The average Bonchev–Trinajstić information content (AvgIpc) is 2.32. The summed E-state index contributed by atoms with van der Waals surface area (Å²) in [5.41, 5.74) is 5.57. The number of nitro benzene ring substituents is 1. The molecule has 0 saturated heterocycles. The van der Waals surface area contributed by atoms with Crippen molar-refractivity contribution in [1.82, 2.24) is 0 Å². The molecule has 1 fully saturated rings. The largest absolute Gasteiger partial charge is 0.483 e. The normalized spacial score (nSPS) is 22.4. The van der Waals surface area contributed by atoms with Crippen LogP contribution in [0.2, 0.25) is 0 Å². The molecule has 0 atom stereocenters. The fraction of sp³-hybridized carbons (Fsp3) is 0.500. The van der Waals surface area contributed by atoms with Gasteiger partial charge in [-0.1, -0.05) is 0 Å². The van der Waals surface area contributed by atoms with Crippen molar-refractivity contribution in [2.45, 2.75) is 37.8 Å². The minimum Gasteiger partial charge on any atom is -0.483 e. The standard InChI is InChI=1S/C12H15FN2O3.ClH/c13-8-1-6-11(15(16)17)12(7-8)18-10-4-2-9(14)3-5-10;/h1,6-7,9-10H,2-5,14H2;1H. The molecule has 2 N–H and O–H groups in total. The van der Waals surface area contributed by atoms with Crippen LogP contribution in [0.4, 0.5) is 10.1 Å². The number of hydrogen-bond acceptors (Lipinski definition) is 4. The van der Waals surface area contributed by atoms with E-state index in [1.54, 1.807) is 0 Å². The van der Waals surface area contributed by atoms with Crippen molar-refractivity contribution in [2.24, 2.45) is 5.73 Å². The van der Waals surface area contributed by atoms with Crippen molar-refractivity contribution in [3.05, 3.63) is 34.1 Å². The van der Waals surface area contributed by atoms with E-state index in [2.05, 4.69) is 0 Å². The van der Waals surface area contributed by atoms with Gasteiger partial charge < -0.3 is 10.5 Å². The molecule has 1 aliphatic rings. The Labute approximate surface area is 116 Å². The van der Waals surface area contributed by atoms with Gasteiger partial charge in [-0.15, -0.1) is 12.4 Å². The van der Waals surface area contributed by atoms with Crippen molar-refractivity contribution in [3.8, 4) is 5.75 Å².